The highest BCUT2D eigenvalue weighted by molar-refractivity contribution is 9.10. The molecule has 1 N–H and O–H groups in total. The van der Waals surface area contributed by atoms with E-state index in [1.54, 1.807) is 4.90 Å². The number of nitrogens with one attached hydrogen (secondary N) is 1. The number of nitrogens with zero attached hydrogens (tertiary/aromatic N) is 1. The summed E-state index contributed by atoms with van der Waals surface area (Å²) in [5.41, 5.74) is 1.06. The molecule has 0 radical (unpaired) electrons. The van der Waals surface area contributed by atoms with Crippen molar-refractivity contribution in [2.75, 3.05) is 19.7 Å². The molecule has 7 heteroatoms. The number of benzene rings is 2. The summed E-state index contributed by atoms with van der Waals surface area (Å²) in [4.78, 5) is 26.4. The van der Waals surface area contributed by atoms with Crippen molar-refractivity contribution in [1.82, 2.24) is 10.2 Å². The minimum Gasteiger partial charge on any atom is -0.483 e. The molecule has 0 aliphatic carbocycles. The SMILES string of the molecule is O=C(NCc1ccccc1)C1CCN(C(=O)COc2ccc(F)cc2Br)CC1. The van der Waals surface area contributed by atoms with E-state index in [1.807, 2.05) is 30.3 Å². The number of hydrogen-bond acceptors (Lipinski definition) is 3. The molecule has 2 aromatic rings. The van der Waals surface area contributed by atoms with E-state index in [-0.39, 0.29) is 30.2 Å². The Kier molecular flexibility index (Phi) is 7.03. The topological polar surface area (TPSA) is 58.6 Å². The lowest BCUT2D eigenvalue weighted by Gasteiger charge is -2.31. The van der Waals surface area contributed by atoms with Crippen LogP contribution in [-0.2, 0) is 16.1 Å². The van der Waals surface area contributed by atoms with Gasteiger partial charge in [0.2, 0.25) is 5.91 Å². The number of carbonyl (C=O) groups excluding carboxylic acids is 2. The number of piperidine rings is 1. The Balaban J connectivity index is 1.41. The Morgan fingerprint density at radius 1 is 1.14 bits per heavy atom. The van der Waals surface area contributed by atoms with Crippen molar-refractivity contribution in [3.8, 4) is 5.75 Å². The number of halogens is 2. The Labute approximate surface area is 172 Å². The quantitative estimate of drug-likeness (QED) is 0.735. The number of ether oxygens (including phenoxy) is 1. The van der Waals surface area contributed by atoms with E-state index < -0.39 is 0 Å². The summed E-state index contributed by atoms with van der Waals surface area (Å²) in [7, 11) is 0. The summed E-state index contributed by atoms with van der Waals surface area (Å²) >= 11 is 3.21. The number of hydrogen-bond donors (Lipinski definition) is 1. The molecule has 1 aliphatic rings. The molecule has 0 saturated carbocycles. The van der Waals surface area contributed by atoms with Crippen LogP contribution in [0.15, 0.2) is 53.0 Å². The van der Waals surface area contributed by atoms with Crippen LogP contribution in [0.3, 0.4) is 0 Å². The molecule has 1 fully saturated rings. The average Bonchev–Trinajstić information content (AvgIpc) is 2.72. The van der Waals surface area contributed by atoms with Gasteiger partial charge in [-0.15, -0.1) is 0 Å². The van der Waals surface area contributed by atoms with Crippen LogP contribution >= 0.6 is 15.9 Å². The molecule has 148 valence electrons. The fraction of sp³-hybridized carbons (Fsp3) is 0.333. The second-order valence-corrected chi connectivity index (χ2v) is 7.58. The largest absolute Gasteiger partial charge is 0.483 e. The van der Waals surface area contributed by atoms with Crippen LogP contribution in [0.25, 0.3) is 0 Å². The van der Waals surface area contributed by atoms with Gasteiger partial charge >= 0.3 is 0 Å². The third-order valence-electron chi connectivity index (χ3n) is 4.77. The summed E-state index contributed by atoms with van der Waals surface area (Å²) in [6.45, 7) is 1.45. The van der Waals surface area contributed by atoms with Crippen LogP contribution in [0.5, 0.6) is 5.75 Å². The van der Waals surface area contributed by atoms with Crippen molar-refractivity contribution in [2.24, 2.45) is 5.92 Å². The fourth-order valence-corrected chi connectivity index (χ4v) is 3.61. The van der Waals surface area contributed by atoms with Gasteiger partial charge in [-0.3, -0.25) is 9.59 Å². The first-order valence-corrected chi connectivity index (χ1v) is 9.99. The van der Waals surface area contributed by atoms with Crippen molar-refractivity contribution in [3.63, 3.8) is 0 Å². The lowest BCUT2D eigenvalue weighted by atomic mass is 9.96. The van der Waals surface area contributed by atoms with Crippen molar-refractivity contribution in [1.29, 1.82) is 0 Å². The Morgan fingerprint density at radius 3 is 2.54 bits per heavy atom. The highest BCUT2D eigenvalue weighted by atomic mass is 79.9. The number of rotatable bonds is 6. The fourth-order valence-electron chi connectivity index (χ4n) is 3.14. The van der Waals surface area contributed by atoms with Gasteiger partial charge in [-0.1, -0.05) is 30.3 Å². The molecule has 0 spiro atoms. The van der Waals surface area contributed by atoms with E-state index in [1.165, 1.54) is 18.2 Å². The summed E-state index contributed by atoms with van der Waals surface area (Å²) in [6.07, 6.45) is 1.26. The predicted octanol–water partition coefficient (Wildman–Crippen LogP) is 3.52. The van der Waals surface area contributed by atoms with Crippen molar-refractivity contribution >= 4 is 27.7 Å². The van der Waals surface area contributed by atoms with Crippen molar-refractivity contribution < 1.29 is 18.7 Å². The van der Waals surface area contributed by atoms with Crippen LogP contribution in [-0.4, -0.2) is 36.4 Å². The maximum absolute atomic E-state index is 13.1. The van der Waals surface area contributed by atoms with E-state index in [0.29, 0.717) is 42.7 Å². The first-order valence-electron chi connectivity index (χ1n) is 9.20. The third-order valence-corrected chi connectivity index (χ3v) is 5.39. The van der Waals surface area contributed by atoms with Gasteiger partial charge in [0.15, 0.2) is 6.61 Å². The minimum atomic E-state index is -0.377. The van der Waals surface area contributed by atoms with Crippen LogP contribution < -0.4 is 10.1 Å². The molecular formula is C21H22BrFN2O3. The highest BCUT2D eigenvalue weighted by Crippen LogP contribution is 2.25. The molecule has 1 saturated heterocycles. The smallest absolute Gasteiger partial charge is 0.260 e. The zero-order valence-corrected chi connectivity index (χ0v) is 17.0. The van der Waals surface area contributed by atoms with Crippen LogP contribution in [0, 0.1) is 11.7 Å². The molecule has 5 nitrogen and oxygen atoms in total. The standard InChI is InChI=1S/C21H22BrFN2O3/c22-18-12-17(23)6-7-19(18)28-14-20(26)25-10-8-16(9-11-25)21(27)24-13-15-4-2-1-3-5-15/h1-7,12,16H,8-11,13-14H2,(H,24,27). The van der Waals surface area contributed by atoms with Gasteiger partial charge < -0.3 is 15.0 Å². The van der Waals surface area contributed by atoms with Gasteiger partial charge in [0.05, 0.1) is 4.47 Å². The van der Waals surface area contributed by atoms with Gasteiger partial charge in [-0.2, -0.15) is 0 Å². The molecule has 1 aliphatic heterocycles. The lowest BCUT2D eigenvalue weighted by Crippen LogP contribution is -2.44. The first-order chi connectivity index (χ1) is 13.5. The number of carbonyl (C=O) groups is 2. The average molecular weight is 449 g/mol. The third kappa shape index (κ3) is 5.55. The maximum atomic E-state index is 13.1. The van der Waals surface area contributed by atoms with Crippen LogP contribution in [0.4, 0.5) is 4.39 Å². The van der Waals surface area contributed by atoms with E-state index >= 15 is 0 Å². The normalized spacial score (nSPS) is 14.6. The van der Waals surface area contributed by atoms with E-state index in [9.17, 15) is 14.0 Å². The summed E-state index contributed by atoms with van der Waals surface area (Å²) in [6, 6.07) is 13.8. The van der Waals surface area contributed by atoms with Crippen LogP contribution in [0.1, 0.15) is 18.4 Å². The van der Waals surface area contributed by atoms with E-state index in [4.69, 9.17) is 4.74 Å². The van der Waals surface area contributed by atoms with Gasteiger partial charge in [0.1, 0.15) is 11.6 Å². The molecule has 0 bridgehead atoms. The summed E-state index contributed by atoms with van der Waals surface area (Å²) in [5, 5.41) is 2.97. The monoisotopic (exact) mass is 448 g/mol. The number of likely N-dealkylation sites (tertiary alicyclic amines) is 1. The van der Waals surface area contributed by atoms with Gasteiger partial charge in [-0.05, 0) is 52.5 Å². The molecule has 3 rings (SSSR count). The Morgan fingerprint density at radius 2 is 1.86 bits per heavy atom. The molecule has 1 heterocycles. The van der Waals surface area contributed by atoms with Crippen molar-refractivity contribution in [3.05, 3.63) is 64.4 Å². The van der Waals surface area contributed by atoms with Crippen LogP contribution in [0.2, 0.25) is 0 Å². The number of amides is 2. The van der Waals surface area contributed by atoms with Gasteiger partial charge in [0, 0.05) is 25.6 Å². The first kappa shape index (κ1) is 20.3. The summed E-state index contributed by atoms with van der Waals surface area (Å²) in [5.74, 6) is -0.148. The van der Waals surface area contributed by atoms with Gasteiger partial charge in [0.25, 0.3) is 5.91 Å². The molecule has 2 amide bonds. The molecule has 0 atom stereocenters. The lowest BCUT2D eigenvalue weighted by molar-refractivity contribution is -0.137. The Hall–Kier alpha value is -2.41. The molecule has 28 heavy (non-hydrogen) atoms. The highest BCUT2D eigenvalue weighted by Gasteiger charge is 2.27. The molecule has 0 aromatic heterocycles. The summed E-state index contributed by atoms with van der Waals surface area (Å²) < 4.78 is 19.0. The Bertz CT molecular complexity index is 824. The second kappa shape index (κ2) is 9.68. The molecular weight excluding hydrogens is 427 g/mol. The minimum absolute atomic E-state index is 0.0300. The molecule has 2 aromatic carbocycles. The maximum Gasteiger partial charge on any atom is 0.260 e. The zero-order valence-electron chi connectivity index (χ0n) is 15.4. The van der Waals surface area contributed by atoms with E-state index in [0.717, 1.165) is 5.56 Å². The predicted molar refractivity (Wildman–Crippen MR) is 107 cm³/mol. The van der Waals surface area contributed by atoms with Gasteiger partial charge in [-0.25, -0.2) is 4.39 Å². The molecule has 0 unspecified atom stereocenters. The zero-order chi connectivity index (χ0) is 19.9. The van der Waals surface area contributed by atoms with E-state index in [2.05, 4.69) is 21.2 Å². The van der Waals surface area contributed by atoms with Crippen molar-refractivity contribution in [2.45, 2.75) is 19.4 Å². The second-order valence-electron chi connectivity index (χ2n) is 6.72.